The van der Waals surface area contributed by atoms with E-state index in [1.807, 2.05) is 19.3 Å². The molecule has 1 aromatic carbocycles. The van der Waals surface area contributed by atoms with E-state index in [1.165, 1.54) is 16.8 Å². The average Bonchev–Trinajstić information content (AvgIpc) is 2.71. The molecule has 0 aliphatic rings. The minimum absolute atomic E-state index is 0.929. The molecule has 0 bridgehead atoms. The topological polar surface area (TPSA) is 27.8 Å². The third-order valence-electron chi connectivity index (χ3n) is 2.43. The number of benzene rings is 1. The number of aromatic nitrogens is 1. The number of H-pyrrole nitrogens is 1. The van der Waals surface area contributed by atoms with Crippen molar-refractivity contribution in [2.24, 2.45) is 0 Å². The molecule has 2 N–H and O–H groups in total. The molecule has 2 rings (SSSR count). The van der Waals surface area contributed by atoms with Crippen LogP contribution in [0, 0.1) is 0 Å². The van der Waals surface area contributed by atoms with E-state index in [-0.39, 0.29) is 0 Å². The molecule has 1 aromatic heterocycles. The average molecular weight is 200 g/mol. The molecule has 0 atom stereocenters. The molecule has 0 spiro atoms. The van der Waals surface area contributed by atoms with Crippen molar-refractivity contribution in [3.8, 4) is 0 Å². The summed E-state index contributed by atoms with van der Waals surface area (Å²) in [6, 6.07) is 12.8. The van der Waals surface area contributed by atoms with Crippen molar-refractivity contribution in [2.75, 3.05) is 7.05 Å². The highest BCUT2D eigenvalue weighted by Gasteiger charge is 1.97. The number of rotatable bonds is 4. The molecule has 1 heterocycles. The number of aromatic amines is 1. The Morgan fingerprint density at radius 1 is 1.13 bits per heavy atom. The summed E-state index contributed by atoms with van der Waals surface area (Å²) >= 11 is 0. The first kappa shape index (κ1) is 9.99. The predicted octanol–water partition coefficient (Wildman–Crippen LogP) is 2.32. The summed E-state index contributed by atoms with van der Waals surface area (Å²) in [5, 5.41) is 3.16. The van der Waals surface area contributed by atoms with Crippen LogP contribution in [0.2, 0.25) is 0 Å². The Labute approximate surface area is 90.3 Å². The molecular formula is C13H16N2. The first-order chi connectivity index (χ1) is 7.38. The maximum absolute atomic E-state index is 3.22. The van der Waals surface area contributed by atoms with Crippen molar-refractivity contribution in [2.45, 2.75) is 13.0 Å². The number of nitrogens with one attached hydrogen (secondary N) is 2. The fourth-order valence-electron chi connectivity index (χ4n) is 1.75. The standard InChI is InChI=1S/C13H16N2/c1-14-10-12-5-2-4-11(8-12)9-13-6-3-7-15-13/h2-8,14-15H,9-10H2,1H3. The van der Waals surface area contributed by atoms with Gasteiger partial charge in [-0.15, -0.1) is 0 Å². The van der Waals surface area contributed by atoms with E-state index in [2.05, 4.69) is 40.6 Å². The van der Waals surface area contributed by atoms with Gasteiger partial charge in [0.2, 0.25) is 0 Å². The van der Waals surface area contributed by atoms with Crippen LogP contribution in [-0.4, -0.2) is 12.0 Å². The second-order valence-electron chi connectivity index (χ2n) is 3.72. The van der Waals surface area contributed by atoms with Crippen LogP contribution in [-0.2, 0) is 13.0 Å². The second kappa shape index (κ2) is 4.80. The maximum Gasteiger partial charge on any atom is 0.0202 e. The first-order valence-corrected chi connectivity index (χ1v) is 5.23. The summed E-state index contributed by atoms with van der Waals surface area (Å²) in [7, 11) is 1.97. The van der Waals surface area contributed by atoms with E-state index in [9.17, 15) is 0 Å². The smallest absolute Gasteiger partial charge is 0.0202 e. The second-order valence-corrected chi connectivity index (χ2v) is 3.72. The van der Waals surface area contributed by atoms with Crippen molar-refractivity contribution >= 4 is 0 Å². The first-order valence-electron chi connectivity index (χ1n) is 5.23. The molecule has 0 fully saturated rings. The van der Waals surface area contributed by atoms with Gasteiger partial charge < -0.3 is 10.3 Å². The highest BCUT2D eigenvalue weighted by Crippen LogP contribution is 2.10. The van der Waals surface area contributed by atoms with Crippen LogP contribution in [0.4, 0.5) is 0 Å². The van der Waals surface area contributed by atoms with Crippen molar-refractivity contribution < 1.29 is 0 Å². The van der Waals surface area contributed by atoms with Gasteiger partial charge >= 0.3 is 0 Å². The normalized spacial score (nSPS) is 10.5. The molecule has 0 unspecified atom stereocenters. The van der Waals surface area contributed by atoms with Crippen LogP contribution in [0.25, 0.3) is 0 Å². The van der Waals surface area contributed by atoms with Gasteiger partial charge in [0.15, 0.2) is 0 Å². The van der Waals surface area contributed by atoms with E-state index >= 15 is 0 Å². The molecule has 0 aliphatic heterocycles. The summed E-state index contributed by atoms with van der Waals surface area (Å²) in [5.74, 6) is 0. The van der Waals surface area contributed by atoms with E-state index in [1.54, 1.807) is 0 Å². The highest BCUT2D eigenvalue weighted by atomic mass is 14.8. The van der Waals surface area contributed by atoms with Crippen LogP contribution in [0.3, 0.4) is 0 Å². The lowest BCUT2D eigenvalue weighted by atomic mass is 10.1. The summed E-state index contributed by atoms with van der Waals surface area (Å²) in [6.45, 7) is 0.929. The quantitative estimate of drug-likeness (QED) is 0.779. The molecule has 2 aromatic rings. The van der Waals surface area contributed by atoms with Crippen LogP contribution >= 0.6 is 0 Å². The summed E-state index contributed by atoms with van der Waals surface area (Å²) < 4.78 is 0. The van der Waals surface area contributed by atoms with Gasteiger partial charge in [-0.05, 0) is 30.3 Å². The lowest BCUT2D eigenvalue weighted by Gasteiger charge is -2.03. The fraction of sp³-hybridized carbons (Fsp3) is 0.231. The zero-order valence-electron chi connectivity index (χ0n) is 8.96. The molecule has 0 saturated carbocycles. The third kappa shape index (κ3) is 2.70. The zero-order valence-corrected chi connectivity index (χ0v) is 8.96. The molecule has 0 aliphatic carbocycles. The minimum atomic E-state index is 0.929. The Morgan fingerprint density at radius 3 is 2.73 bits per heavy atom. The molecule has 2 nitrogen and oxygen atoms in total. The van der Waals surface area contributed by atoms with E-state index in [0.29, 0.717) is 0 Å². The third-order valence-corrected chi connectivity index (χ3v) is 2.43. The van der Waals surface area contributed by atoms with Crippen LogP contribution < -0.4 is 5.32 Å². The Balaban J connectivity index is 2.11. The van der Waals surface area contributed by atoms with Crippen molar-refractivity contribution in [3.63, 3.8) is 0 Å². The van der Waals surface area contributed by atoms with Gasteiger partial charge in [0.1, 0.15) is 0 Å². The minimum Gasteiger partial charge on any atom is -0.365 e. The highest BCUT2D eigenvalue weighted by molar-refractivity contribution is 5.27. The Morgan fingerprint density at radius 2 is 2.00 bits per heavy atom. The maximum atomic E-state index is 3.22. The van der Waals surface area contributed by atoms with Gasteiger partial charge in [-0.2, -0.15) is 0 Å². The number of hydrogen-bond donors (Lipinski definition) is 2. The number of hydrogen-bond acceptors (Lipinski definition) is 1. The largest absolute Gasteiger partial charge is 0.365 e. The molecule has 78 valence electrons. The summed E-state index contributed by atoms with van der Waals surface area (Å²) in [4.78, 5) is 3.22. The van der Waals surface area contributed by atoms with Gasteiger partial charge in [0, 0.05) is 24.9 Å². The van der Waals surface area contributed by atoms with Gasteiger partial charge in [-0.1, -0.05) is 24.3 Å². The van der Waals surface area contributed by atoms with E-state index < -0.39 is 0 Å². The fourth-order valence-corrected chi connectivity index (χ4v) is 1.75. The Bertz CT molecular complexity index is 404. The molecule has 15 heavy (non-hydrogen) atoms. The molecule has 0 radical (unpaired) electrons. The van der Waals surface area contributed by atoms with Gasteiger partial charge in [0.25, 0.3) is 0 Å². The summed E-state index contributed by atoms with van der Waals surface area (Å²) in [6.07, 6.45) is 2.94. The van der Waals surface area contributed by atoms with Crippen molar-refractivity contribution in [1.29, 1.82) is 0 Å². The summed E-state index contributed by atoms with van der Waals surface area (Å²) in [5.41, 5.74) is 3.95. The van der Waals surface area contributed by atoms with E-state index in [4.69, 9.17) is 0 Å². The van der Waals surface area contributed by atoms with E-state index in [0.717, 1.165) is 13.0 Å². The van der Waals surface area contributed by atoms with Crippen LogP contribution in [0.15, 0.2) is 42.6 Å². The SMILES string of the molecule is CNCc1cccc(Cc2ccc[nH]2)c1. The molecular weight excluding hydrogens is 184 g/mol. The molecule has 0 saturated heterocycles. The van der Waals surface area contributed by atoms with Gasteiger partial charge in [-0.3, -0.25) is 0 Å². The zero-order chi connectivity index (χ0) is 10.5. The Hall–Kier alpha value is -1.54. The van der Waals surface area contributed by atoms with Crippen molar-refractivity contribution in [3.05, 3.63) is 59.4 Å². The predicted molar refractivity (Wildman–Crippen MR) is 62.8 cm³/mol. The Kier molecular flexibility index (Phi) is 3.20. The van der Waals surface area contributed by atoms with Crippen LogP contribution in [0.1, 0.15) is 16.8 Å². The van der Waals surface area contributed by atoms with Gasteiger partial charge in [0.05, 0.1) is 0 Å². The lowest BCUT2D eigenvalue weighted by Crippen LogP contribution is -2.05. The molecule has 2 heteroatoms. The van der Waals surface area contributed by atoms with Crippen LogP contribution in [0.5, 0.6) is 0 Å². The van der Waals surface area contributed by atoms with Crippen molar-refractivity contribution in [1.82, 2.24) is 10.3 Å². The van der Waals surface area contributed by atoms with Gasteiger partial charge in [-0.25, -0.2) is 0 Å². The monoisotopic (exact) mass is 200 g/mol. The lowest BCUT2D eigenvalue weighted by molar-refractivity contribution is 0.816. The molecule has 0 amide bonds.